The van der Waals surface area contributed by atoms with E-state index in [0.717, 1.165) is 17.1 Å². The van der Waals surface area contributed by atoms with Crippen LogP contribution in [-0.4, -0.2) is 4.57 Å². The van der Waals surface area contributed by atoms with Crippen molar-refractivity contribution in [2.45, 2.75) is 19.3 Å². The van der Waals surface area contributed by atoms with Gasteiger partial charge >= 0.3 is 0 Å². The normalized spacial score (nSPS) is 12.7. The van der Waals surface area contributed by atoms with Gasteiger partial charge in [0.15, 0.2) is 0 Å². The van der Waals surface area contributed by atoms with Crippen LogP contribution >= 0.6 is 0 Å². The van der Waals surface area contributed by atoms with E-state index in [1.165, 1.54) is 99.3 Å². The topological polar surface area (TPSA) is 8.17 Å². The lowest BCUT2D eigenvalue weighted by Crippen LogP contribution is -2.16. The quantitative estimate of drug-likeness (QED) is 0.145. The molecule has 0 radical (unpaired) electrons. The fourth-order valence-electron chi connectivity index (χ4n) is 10.7. The minimum atomic E-state index is -0.119. The molecule has 0 bridgehead atoms. The first-order valence-electron chi connectivity index (χ1n) is 22.3. The summed E-state index contributed by atoms with van der Waals surface area (Å²) in [4.78, 5) is 2.42. The van der Waals surface area contributed by atoms with Gasteiger partial charge in [0.2, 0.25) is 0 Å². The van der Waals surface area contributed by atoms with Crippen LogP contribution in [0.25, 0.3) is 88.2 Å². The third kappa shape index (κ3) is 5.94. The molecule has 0 spiro atoms. The van der Waals surface area contributed by atoms with E-state index in [0.29, 0.717) is 0 Å². The fourth-order valence-corrected chi connectivity index (χ4v) is 10.7. The first-order valence-corrected chi connectivity index (χ1v) is 22.3. The van der Waals surface area contributed by atoms with E-state index >= 15 is 0 Å². The van der Waals surface area contributed by atoms with Crippen molar-refractivity contribution in [3.63, 3.8) is 0 Å². The second-order valence-corrected chi connectivity index (χ2v) is 17.7. The molecule has 2 heteroatoms. The lowest BCUT2D eigenvalue weighted by Gasteiger charge is -2.28. The Labute approximate surface area is 375 Å². The zero-order valence-corrected chi connectivity index (χ0v) is 36.3. The number of nitrogens with zero attached hydrogens (tertiary/aromatic N) is 2. The molecular formula is C62H46N2. The maximum Gasteiger partial charge on any atom is 0.0575 e. The monoisotopic (exact) mass is 818 g/mol. The molecule has 1 heterocycles. The van der Waals surface area contributed by atoms with Crippen molar-refractivity contribution in [2.24, 2.45) is 7.05 Å². The Balaban J connectivity index is 1.06. The van der Waals surface area contributed by atoms with Crippen molar-refractivity contribution in [1.29, 1.82) is 0 Å². The lowest BCUT2D eigenvalue weighted by atomic mass is 9.82. The molecule has 0 atom stereocenters. The number of benzene rings is 10. The maximum absolute atomic E-state index is 2.44. The first-order chi connectivity index (χ1) is 31.4. The van der Waals surface area contributed by atoms with Gasteiger partial charge in [-0.05, 0) is 114 Å². The van der Waals surface area contributed by atoms with Gasteiger partial charge in [-0.1, -0.05) is 196 Å². The van der Waals surface area contributed by atoms with Crippen LogP contribution in [0.2, 0.25) is 0 Å². The highest BCUT2D eigenvalue weighted by Crippen LogP contribution is 2.52. The molecule has 1 aliphatic carbocycles. The van der Waals surface area contributed by atoms with Gasteiger partial charge in [0.25, 0.3) is 0 Å². The van der Waals surface area contributed by atoms with Crippen LogP contribution in [0.3, 0.4) is 0 Å². The van der Waals surface area contributed by atoms with Crippen LogP contribution in [0.4, 0.5) is 17.1 Å². The van der Waals surface area contributed by atoms with E-state index in [2.05, 4.69) is 255 Å². The molecule has 0 fully saturated rings. The summed E-state index contributed by atoms with van der Waals surface area (Å²) in [6.45, 7) is 4.72. The summed E-state index contributed by atoms with van der Waals surface area (Å²) >= 11 is 0. The molecule has 1 aromatic heterocycles. The summed E-state index contributed by atoms with van der Waals surface area (Å²) in [6, 6.07) is 82.6. The highest BCUT2D eigenvalue weighted by molar-refractivity contribution is 6.30. The summed E-state index contributed by atoms with van der Waals surface area (Å²) in [5.41, 5.74) is 19.6. The molecule has 0 saturated heterocycles. The summed E-state index contributed by atoms with van der Waals surface area (Å²) < 4.78 is 2.44. The second-order valence-electron chi connectivity index (χ2n) is 17.7. The molecule has 304 valence electrons. The zero-order chi connectivity index (χ0) is 42.9. The average molecular weight is 819 g/mol. The van der Waals surface area contributed by atoms with Gasteiger partial charge in [-0.3, -0.25) is 0 Å². The summed E-state index contributed by atoms with van der Waals surface area (Å²) in [7, 11) is 2.24. The predicted molar refractivity (Wildman–Crippen MR) is 272 cm³/mol. The molecule has 0 aliphatic heterocycles. The molecule has 12 rings (SSSR count). The van der Waals surface area contributed by atoms with Gasteiger partial charge in [-0.15, -0.1) is 0 Å². The van der Waals surface area contributed by atoms with Gasteiger partial charge in [0.1, 0.15) is 0 Å². The maximum atomic E-state index is 2.44. The van der Waals surface area contributed by atoms with Crippen LogP contribution in [0, 0.1) is 0 Å². The van der Waals surface area contributed by atoms with Gasteiger partial charge < -0.3 is 9.47 Å². The van der Waals surface area contributed by atoms with Crippen molar-refractivity contribution in [3.05, 3.63) is 236 Å². The van der Waals surface area contributed by atoms with Crippen molar-refractivity contribution < 1.29 is 0 Å². The summed E-state index contributed by atoms with van der Waals surface area (Å²) in [6.07, 6.45) is 0. The van der Waals surface area contributed by atoms with Crippen LogP contribution in [-0.2, 0) is 12.5 Å². The molecule has 11 aromatic rings. The predicted octanol–water partition coefficient (Wildman–Crippen LogP) is 16.9. The fraction of sp³-hybridized carbons (Fsp3) is 0.0645. The van der Waals surface area contributed by atoms with Crippen molar-refractivity contribution in [2.75, 3.05) is 4.90 Å². The molecule has 0 saturated carbocycles. The van der Waals surface area contributed by atoms with Crippen molar-refractivity contribution in [1.82, 2.24) is 4.57 Å². The minimum Gasteiger partial charge on any atom is -0.343 e. The summed E-state index contributed by atoms with van der Waals surface area (Å²) in [5, 5.41) is 6.31. The lowest BCUT2D eigenvalue weighted by molar-refractivity contribution is 0.660. The first kappa shape index (κ1) is 37.8. The SMILES string of the molecule is Cn1c(-c2ccccc2)c(-c2ccc(N(c3ccc(-c4ccccc4)cc3)c3ccc4c(c3)C(C)(C)c3ccccc3-4)cc2)c2c3ccc(-c4ccccc4)cc3c3ccccc3c21. The Morgan fingerprint density at radius 1 is 0.359 bits per heavy atom. The average Bonchev–Trinajstić information content (AvgIpc) is 3.79. The van der Waals surface area contributed by atoms with Crippen LogP contribution in [0.1, 0.15) is 25.0 Å². The second kappa shape index (κ2) is 14.9. The molecule has 10 aromatic carbocycles. The standard InChI is InChI=1S/C62H46N2/c1-62(2)56-26-16-15-24-51(56)52-38-36-49(40-57(52)62)64(47-32-27-43(28-33-47)41-17-7-4-8-18-41)48-34-29-44(30-35-48)58-59-53-37-31-46(42-19-9-5-10-20-42)39-55(53)50-23-13-14-25-54(50)61(59)63(3)60(58)45-21-11-6-12-22-45/h4-40H,1-3H3. The van der Waals surface area contributed by atoms with E-state index in [9.17, 15) is 0 Å². The van der Waals surface area contributed by atoms with Crippen LogP contribution in [0.15, 0.2) is 224 Å². The van der Waals surface area contributed by atoms with Gasteiger partial charge in [-0.25, -0.2) is 0 Å². The molecule has 0 N–H and O–H groups in total. The van der Waals surface area contributed by atoms with E-state index < -0.39 is 0 Å². The highest BCUT2D eigenvalue weighted by atomic mass is 15.1. The Kier molecular flexibility index (Phi) is 8.77. The molecular weight excluding hydrogens is 773 g/mol. The smallest absolute Gasteiger partial charge is 0.0575 e. The third-order valence-corrected chi connectivity index (χ3v) is 13.8. The van der Waals surface area contributed by atoms with Gasteiger partial charge in [0.05, 0.1) is 11.2 Å². The molecule has 0 unspecified atom stereocenters. The zero-order valence-electron chi connectivity index (χ0n) is 36.3. The number of hydrogen-bond acceptors (Lipinski definition) is 1. The summed E-state index contributed by atoms with van der Waals surface area (Å²) in [5.74, 6) is 0. The van der Waals surface area contributed by atoms with E-state index in [-0.39, 0.29) is 5.41 Å². The van der Waals surface area contributed by atoms with Crippen molar-refractivity contribution >= 4 is 49.5 Å². The molecule has 0 amide bonds. The number of rotatable bonds is 7. The number of hydrogen-bond donors (Lipinski definition) is 0. The Morgan fingerprint density at radius 3 is 1.53 bits per heavy atom. The van der Waals surface area contributed by atoms with Crippen LogP contribution in [0.5, 0.6) is 0 Å². The number of fused-ring (bicyclic) bond motifs is 9. The van der Waals surface area contributed by atoms with E-state index in [1.54, 1.807) is 0 Å². The largest absolute Gasteiger partial charge is 0.343 e. The van der Waals surface area contributed by atoms with E-state index in [1.807, 2.05) is 0 Å². The number of aromatic nitrogens is 1. The number of aryl methyl sites for hydroxylation is 1. The Bertz CT molecular complexity index is 3540. The van der Waals surface area contributed by atoms with Gasteiger partial charge in [0, 0.05) is 45.9 Å². The van der Waals surface area contributed by atoms with Crippen molar-refractivity contribution in [3.8, 4) is 55.8 Å². The molecule has 2 nitrogen and oxygen atoms in total. The molecule has 1 aliphatic rings. The molecule has 64 heavy (non-hydrogen) atoms. The third-order valence-electron chi connectivity index (χ3n) is 13.8. The minimum absolute atomic E-state index is 0.119. The highest BCUT2D eigenvalue weighted by Gasteiger charge is 2.36. The number of anilines is 3. The van der Waals surface area contributed by atoms with Crippen LogP contribution < -0.4 is 4.90 Å². The Morgan fingerprint density at radius 2 is 0.859 bits per heavy atom. The van der Waals surface area contributed by atoms with Gasteiger partial charge in [-0.2, -0.15) is 0 Å². The van der Waals surface area contributed by atoms with E-state index in [4.69, 9.17) is 0 Å². The Hall–Kier alpha value is -7.94.